The number of hydrogen-bond acceptors (Lipinski definition) is 4. The van der Waals surface area contributed by atoms with Crippen molar-refractivity contribution in [2.75, 3.05) is 33.2 Å². The molecule has 0 unspecified atom stereocenters. The van der Waals surface area contributed by atoms with Crippen molar-refractivity contribution in [3.8, 4) is 17.2 Å². The van der Waals surface area contributed by atoms with Gasteiger partial charge in [0.1, 0.15) is 17.2 Å². The average molecular weight is 492 g/mol. The van der Waals surface area contributed by atoms with E-state index >= 15 is 0 Å². The molecule has 35 heavy (non-hydrogen) atoms. The number of ether oxygens (including phenoxy) is 3. The summed E-state index contributed by atoms with van der Waals surface area (Å²) < 4.78 is 16.2. The number of nitrogens with zero attached hydrogens (tertiary/aromatic N) is 1. The normalized spacial score (nSPS) is 15.0. The van der Waals surface area contributed by atoms with Gasteiger partial charge in [-0.15, -0.1) is 0 Å². The van der Waals surface area contributed by atoms with Crippen molar-refractivity contribution >= 4 is 34.2 Å². The van der Waals surface area contributed by atoms with Crippen LogP contribution in [0.4, 0.5) is 10.5 Å². The number of methoxy groups -OCH3 is 3. The van der Waals surface area contributed by atoms with Gasteiger partial charge in [0.05, 0.1) is 33.1 Å². The maximum absolute atomic E-state index is 13.6. The summed E-state index contributed by atoms with van der Waals surface area (Å²) >= 11 is 6.19. The monoisotopic (exact) mass is 491 g/mol. The number of aromatic nitrogens is 1. The summed E-state index contributed by atoms with van der Waals surface area (Å²) in [4.78, 5) is 19.0. The fraction of sp³-hybridized carbons (Fsp3) is 0.222. The minimum atomic E-state index is -0.326. The summed E-state index contributed by atoms with van der Waals surface area (Å²) in [5, 5.41) is 4.61. The third-order valence-corrected chi connectivity index (χ3v) is 6.66. The third kappa shape index (κ3) is 4.23. The SMILES string of the molecule is COc1ccc([C@H]2c3[nH]c4ccc(OC)cc4c3CCN2C(=O)Nc2cc(Cl)ccc2OC)cc1. The number of hydrogen-bond donors (Lipinski definition) is 2. The number of amides is 2. The van der Waals surface area contributed by atoms with Gasteiger partial charge < -0.3 is 29.4 Å². The van der Waals surface area contributed by atoms with Gasteiger partial charge in [0.2, 0.25) is 0 Å². The van der Waals surface area contributed by atoms with E-state index in [9.17, 15) is 4.79 Å². The Morgan fingerprint density at radius 3 is 2.43 bits per heavy atom. The van der Waals surface area contributed by atoms with Crippen molar-refractivity contribution in [1.82, 2.24) is 9.88 Å². The van der Waals surface area contributed by atoms with Gasteiger partial charge in [0.25, 0.3) is 0 Å². The molecule has 2 amide bonds. The van der Waals surface area contributed by atoms with E-state index < -0.39 is 0 Å². The molecule has 5 rings (SSSR count). The summed E-state index contributed by atoms with van der Waals surface area (Å²) in [5.41, 5.74) is 4.67. The Bertz CT molecular complexity index is 1380. The van der Waals surface area contributed by atoms with Gasteiger partial charge in [0.15, 0.2) is 0 Å². The van der Waals surface area contributed by atoms with E-state index in [1.54, 1.807) is 39.5 Å². The van der Waals surface area contributed by atoms with Crippen molar-refractivity contribution in [2.45, 2.75) is 12.5 Å². The number of carbonyl (C=O) groups excluding carboxylic acids is 1. The molecule has 3 aromatic carbocycles. The minimum Gasteiger partial charge on any atom is -0.497 e. The maximum Gasteiger partial charge on any atom is 0.322 e. The highest BCUT2D eigenvalue weighted by molar-refractivity contribution is 6.31. The topological polar surface area (TPSA) is 75.8 Å². The largest absolute Gasteiger partial charge is 0.497 e. The van der Waals surface area contributed by atoms with E-state index in [0.29, 0.717) is 29.4 Å². The Kier molecular flexibility index (Phi) is 6.17. The van der Waals surface area contributed by atoms with Crippen LogP contribution in [-0.4, -0.2) is 43.8 Å². The van der Waals surface area contributed by atoms with Crippen LogP contribution >= 0.6 is 11.6 Å². The summed E-state index contributed by atoms with van der Waals surface area (Å²) in [6.07, 6.45) is 0.704. The number of H-pyrrole nitrogens is 1. The highest BCUT2D eigenvalue weighted by Crippen LogP contribution is 2.40. The lowest BCUT2D eigenvalue weighted by Gasteiger charge is -2.36. The summed E-state index contributed by atoms with van der Waals surface area (Å²) in [5.74, 6) is 2.10. The number of urea groups is 1. The van der Waals surface area contributed by atoms with Gasteiger partial charge in [-0.3, -0.25) is 0 Å². The van der Waals surface area contributed by atoms with Gasteiger partial charge in [-0.1, -0.05) is 23.7 Å². The Labute approximate surface area is 208 Å². The van der Waals surface area contributed by atoms with Crippen LogP contribution < -0.4 is 19.5 Å². The van der Waals surface area contributed by atoms with Crippen LogP contribution in [0, 0.1) is 0 Å². The molecular formula is C27H26ClN3O4. The highest BCUT2D eigenvalue weighted by atomic mass is 35.5. The minimum absolute atomic E-state index is 0.242. The first-order valence-electron chi connectivity index (χ1n) is 11.3. The van der Waals surface area contributed by atoms with Crippen LogP contribution in [0.2, 0.25) is 5.02 Å². The molecule has 1 aromatic heterocycles. The third-order valence-electron chi connectivity index (χ3n) is 6.43. The van der Waals surface area contributed by atoms with E-state index in [1.165, 1.54) is 5.56 Å². The lowest BCUT2D eigenvalue weighted by molar-refractivity contribution is 0.193. The molecule has 1 atom stereocenters. The van der Waals surface area contributed by atoms with Crippen molar-refractivity contribution in [1.29, 1.82) is 0 Å². The second kappa shape index (κ2) is 9.43. The average Bonchev–Trinajstić information content (AvgIpc) is 3.26. The Morgan fingerprint density at radius 1 is 0.971 bits per heavy atom. The molecule has 2 N–H and O–H groups in total. The first kappa shape index (κ1) is 22.9. The number of fused-ring (bicyclic) bond motifs is 3. The van der Waals surface area contributed by atoms with E-state index in [0.717, 1.165) is 33.7 Å². The number of rotatable bonds is 5. The number of halogens is 1. The Morgan fingerprint density at radius 2 is 1.71 bits per heavy atom. The molecule has 7 nitrogen and oxygen atoms in total. The predicted molar refractivity (Wildman–Crippen MR) is 137 cm³/mol. The zero-order chi connectivity index (χ0) is 24.5. The molecular weight excluding hydrogens is 466 g/mol. The fourth-order valence-corrected chi connectivity index (χ4v) is 4.88. The van der Waals surface area contributed by atoms with Crippen LogP contribution in [0.5, 0.6) is 17.2 Å². The number of nitrogens with one attached hydrogen (secondary N) is 2. The quantitative estimate of drug-likeness (QED) is 0.357. The summed E-state index contributed by atoms with van der Waals surface area (Å²) in [6.45, 7) is 0.530. The molecule has 4 aromatic rings. The molecule has 0 saturated carbocycles. The molecule has 0 aliphatic carbocycles. The molecule has 0 radical (unpaired) electrons. The second-order valence-corrected chi connectivity index (χ2v) is 8.76. The van der Waals surface area contributed by atoms with Crippen molar-refractivity contribution < 1.29 is 19.0 Å². The van der Waals surface area contributed by atoms with Crippen LogP contribution in [0.15, 0.2) is 60.7 Å². The first-order chi connectivity index (χ1) is 17.0. The zero-order valence-electron chi connectivity index (χ0n) is 19.7. The lowest BCUT2D eigenvalue weighted by Crippen LogP contribution is -2.43. The summed E-state index contributed by atoms with van der Waals surface area (Å²) in [7, 11) is 4.86. The van der Waals surface area contributed by atoms with Crippen LogP contribution in [-0.2, 0) is 6.42 Å². The lowest BCUT2D eigenvalue weighted by atomic mass is 9.92. The fourth-order valence-electron chi connectivity index (χ4n) is 4.71. The Balaban J connectivity index is 1.58. The van der Waals surface area contributed by atoms with Gasteiger partial charge in [-0.05, 0) is 66.1 Å². The van der Waals surface area contributed by atoms with E-state index in [-0.39, 0.29) is 12.1 Å². The van der Waals surface area contributed by atoms with Crippen LogP contribution in [0.3, 0.4) is 0 Å². The smallest absolute Gasteiger partial charge is 0.322 e. The van der Waals surface area contributed by atoms with Gasteiger partial charge >= 0.3 is 6.03 Å². The molecule has 180 valence electrons. The molecule has 0 fully saturated rings. The van der Waals surface area contributed by atoms with Crippen LogP contribution in [0.1, 0.15) is 22.9 Å². The first-order valence-corrected chi connectivity index (χ1v) is 11.6. The molecule has 8 heteroatoms. The number of carbonyl (C=O) groups is 1. The maximum atomic E-state index is 13.6. The summed E-state index contributed by atoms with van der Waals surface area (Å²) in [6, 6.07) is 18.4. The number of aromatic amines is 1. The number of anilines is 1. The number of benzene rings is 3. The van der Waals surface area contributed by atoms with Crippen molar-refractivity contribution in [3.05, 3.63) is 82.5 Å². The van der Waals surface area contributed by atoms with E-state index in [2.05, 4.69) is 10.3 Å². The van der Waals surface area contributed by atoms with Crippen LogP contribution in [0.25, 0.3) is 10.9 Å². The molecule has 2 heterocycles. The van der Waals surface area contributed by atoms with E-state index in [1.807, 2.05) is 47.4 Å². The molecule has 0 saturated heterocycles. The van der Waals surface area contributed by atoms with Crippen molar-refractivity contribution in [3.63, 3.8) is 0 Å². The molecule has 1 aliphatic heterocycles. The zero-order valence-corrected chi connectivity index (χ0v) is 20.5. The van der Waals surface area contributed by atoms with Gasteiger partial charge in [-0.2, -0.15) is 0 Å². The highest BCUT2D eigenvalue weighted by Gasteiger charge is 2.35. The van der Waals surface area contributed by atoms with Gasteiger partial charge in [0, 0.05) is 28.2 Å². The van der Waals surface area contributed by atoms with E-state index in [4.69, 9.17) is 25.8 Å². The molecule has 0 spiro atoms. The Hall–Kier alpha value is -3.84. The standard InChI is InChI=1S/C27H26ClN3O4/c1-33-18-7-4-16(5-8-18)26-25-20(21-15-19(34-2)9-10-22(21)29-25)12-13-31(26)27(32)30-23-14-17(28)6-11-24(23)35-3/h4-11,14-15,26,29H,12-13H2,1-3H3,(H,30,32)/t26-/m0/s1. The van der Waals surface area contributed by atoms with Crippen molar-refractivity contribution in [2.24, 2.45) is 0 Å². The van der Waals surface area contributed by atoms with Gasteiger partial charge in [-0.25, -0.2) is 4.79 Å². The molecule has 0 bridgehead atoms. The predicted octanol–water partition coefficient (Wildman–Crippen LogP) is 6.03. The molecule has 1 aliphatic rings. The second-order valence-electron chi connectivity index (χ2n) is 8.32.